The first-order valence-corrected chi connectivity index (χ1v) is 6.77. The maximum atomic E-state index is 12.3. The van der Waals surface area contributed by atoms with Crippen LogP contribution in [0.3, 0.4) is 0 Å². The number of anilines is 2. The van der Waals surface area contributed by atoms with Gasteiger partial charge in [-0.2, -0.15) is 0 Å². The lowest BCUT2D eigenvalue weighted by molar-refractivity contribution is -0.384. The molecule has 2 rings (SSSR count). The van der Waals surface area contributed by atoms with Gasteiger partial charge in [0.15, 0.2) is 0 Å². The van der Waals surface area contributed by atoms with Crippen LogP contribution in [0.15, 0.2) is 36.4 Å². The molecular weight excluding hydrogens is 282 g/mol. The van der Waals surface area contributed by atoms with E-state index in [4.69, 9.17) is 0 Å². The Morgan fingerprint density at radius 1 is 1.14 bits per heavy atom. The van der Waals surface area contributed by atoms with Gasteiger partial charge < -0.3 is 10.6 Å². The molecule has 0 aliphatic rings. The Balaban J connectivity index is 2.32. The van der Waals surface area contributed by atoms with Crippen molar-refractivity contribution in [1.29, 1.82) is 0 Å². The highest BCUT2D eigenvalue weighted by molar-refractivity contribution is 6.05. The zero-order valence-corrected chi connectivity index (χ0v) is 12.6. The van der Waals surface area contributed by atoms with Crippen molar-refractivity contribution in [3.8, 4) is 0 Å². The van der Waals surface area contributed by atoms with Crippen LogP contribution in [-0.2, 0) is 0 Å². The van der Waals surface area contributed by atoms with Gasteiger partial charge in [-0.05, 0) is 43.2 Å². The van der Waals surface area contributed by atoms with Crippen LogP contribution in [0.5, 0.6) is 0 Å². The molecule has 0 heterocycles. The highest BCUT2D eigenvalue weighted by atomic mass is 16.6. The first-order valence-electron chi connectivity index (χ1n) is 6.77. The Labute approximate surface area is 128 Å². The van der Waals surface area contributed by atoms with Crippen LogP contribution >= 0.6 is 0 Å². The summed E-state index contributed by atoms with van der Waals surface area (Å²) < 4.78 is 0. The maximum absolute atomic E-state index is 12.3. The molecule has 0 radical (unpaired) electrons. The molecule has 2 aromatic carbocycles. The minimum atomic E-state index is -0.513. The van der Waals surface area contributed by atoms with Gasteiger partial charge in [0.2, 0.25) is 0 Å². The summed E-state index contributed by atoms with van der Waals surface area (Å²) in [6, 6.07) is 9.96. The number of benzene rings is 2. The van der Waals surface area contributed by atoms with E-state index in [9.17, 15) is 14.9 Å². The SMILES string of the molecule is CNc1ccc(C(=O)Nc2cccc(C)c2C)cc1[N+](=O)[O-]. The van der Waals surface area contributed by atoms with Crippen LogP contribution in [0.1, 0.15) is 21.5 Å². The molecule has 0 saturated carbocycles. The van der Waals surface area contributed by atoms with E-state index < -0.39 is 4.92 Å². The minimum Gasteiger partial charge on any atom is -0.383 e. The summed E-state index contributed by atoms with van der Waals surface area (Å²) >= 11 is 0. The minimum absolute atomic E-state index is 0.129. The van der Waals surface area contributed by atoms with Gasteiger partial charge in [0.05, 0.1) is 4.92 Å². The summed E-state index contributed by atoms with van der Waals surface area (Å²) in [4.78, 5) is 22.8. The largest absolute Gasteiger partial charge is 0.383 e. The van der Waals surface area contributed by atoms with E-state index in [-0.39, 0.29) is 17.2 Å². The Morgan fingerprint density at radius 2 is 1.86 bits per heavy atom. The monoisotopic (exact) mass is 299 g/mol. The van der Waals surface area contributed by atoms with E-state index in [0.29, 0.717) is 11.4 Å². The molecule has 0 spiro atoms. The number of aryl methyl sites for hydroxylation is 1. The molecule has 0 aliphatic carbocycles. The van der Waals surface area contributed by atoms with E-state index in [1.54, 1.807) is 19.2 Å². The topological polar surface area (TPSA) is 84.3 Å². The van der Waals surface area contributed by atoms with Gasteiger partial charge in [-0.25, -0.2) is 0 Å². The summed E-state index contributed by atoms with van der Waals surface area (Å²) in [5.41, 5.74) is 3.22. The van der Waals surface area contributed by atoms with Gasteiger partial charge >= 0.3 is 0 Å². The Hall–Kier alpha value is -2.89. The fourth-order valence-corrected chi connectivity index (χ4v) is 2.12. The number of hydrogen-bond donors (Lipinski definition) is 2. The third kappa shape index (κ3) is 3.06. The second-order valence-electron chi connectivity index (χ2n) is 4.94. The van der Waals surface area contributed by atoms with E-state index in [0.717, 1.165) is 11.1 Å². The number of nitrogens with zero attached hydrogens (tertiary/aromatic N) is 1. The van der Waals surface area contributed by atoms with Crippen LogP contribution in [0.25, 0.3) is 0 Å². The first kappa shape index (κ1) is 15.5. The number of amides is 1. The number of nitro benzene ring substituents is 1. The molecular formula is C16H17N3O3. The maximum Gasteiger partial charge on any atom is 0.293 e. The van der Waals surface area contributed by atoms with Crippen LogP contribution in [-0.4, -0.2) is 17.9 Å². The summed E-state index contributed by atoms with van der Waals surface area (Å²) in [5.74, 6) is -0.376. The number of rotatable bonds is 4. The molecule has 0 aromatic heterocycles. The quantitative estimate of drug-likeness (QED) is 0.668. The second-order valence-corrected chi connectivity index (χ2v) is 4.94. The lowest BCUT2D eigenvalue weighted by atomic mass is 10.1. The molecule has 6 heteroatoms. The fourth-order valence-electron chi connectivity index (χ4n) is 2.12. The van der Waals surface area contributed by atoms with Gasteiger partial charge in [0.25, 0.3) is 11.6 Å². The number of carbonyl (C=O) groups excluding carboxylic acids is 1. The van der Waals surface area contributed by atoms with Gasteiger partial charge in [-0.1, -0.05) is 12.1 Å². The lowest BCUT2D eigenvalue weighted by Crippen LogP contribution is -2.13. The third-order valence-corrected chi connectivity index (χ3v) is 3.58. The number of nitrogens with one attached hydrogen (secondary N) is 2. The smallest absolute Gasteiger partial charge is 0.293 e. The van der Waals surface area contributed by atoms with Gasteiger partial charge in [0, 0.05) is 24.4 Å². The van der Waals surface area contributed by atoms with Crippen molar-refractivity contribution in [2.75, 3.05) is 17.7 Å². The zero-order chi connectivity index (χ0) is 16.3. The predicted octanol–water partition coefficient (Wildman–Crippen LogP) is 3.51. The van der Waals surface area contributed by atoms with Crippen LogP contribution in [0.2, 0.25) is 0 Å². The van der Waals surface area contributed by atoms with Crippen molar-refractivity contribution in [1.82, 2.24) is 0 Å². The van der Waals surface area contributed by atoms with Gasteiger partial charge in [-0.3, -0.25) is 14.9 Å². The molecule has 0 bridgehead atoms. The molecule has 2 N–H and O–H groups in total. The Kier molecular flexibility index (Phi) is 4.41. The van der Waals surface area contributed by atoms with E-state index in [2.05, 4.69) is 10.6 Å². The number of carbonyl (C=O) groups is 1. The molecule has 114 valence electrons. The standard InChI is InChI=1S/C16H17N3O3/c1-10-5-4-6-13(11(10)2)18-16(20)12-7-8-14(17-3)15(9-12)19(21)22/h4-9,17H,1-3H3,(H,18,20). The molecule has 1 amide bonds. The molecule has 0 aliphatic heterocycles. The average Bonchev–Trinajstić information content (AvgIpc) is 2.51. The highest BCUT2D eigenvalue weighted by Crippen LogP contribution is 2.26. The van der Waals surface area contributed by atoms with Crippen molar-refractivity contribution >= 4 is 23.0 Å². The number of nitro groups is 1. The molecule has 0 atom stereocenters. The number of hydrogen-bond acceptors (Lipinski definition) is 4. The lowest BCUT2D eigenvalue weighted by Gasteiger charge is -2.11. The summed E-state index contributed by atoms with van der Waals surface area (Å²) in [5, 5.41) is 16.6. The van der Waals surface area contributed by atoms with Crippen molar-refractivity contribution in [2.45, 2.75) is 13.8 Å². The Bertz CT molecular complexity index is 741. The van der Waals surface area contributed by atoms with Crippen LogP contribution < -0.4 is 10.6 Å². The van der Waals surface area contributed by atoms with Gasteiger partial charge in [0.1, 0.15) is 5.69 Å². The van der Waals surface area contributed by atoms with Crippen molar-refractivity contribution in [3.05, 3.63) is 63.2 Å². The van der Waals surface area contributed by atoms with Crippen molar-refractivity contribution < 1.29 is 9.72 Å². The molecule has 2 aromatic rings. The van der Waals surface area contributed by atoms with Gasteiger partial charge in [-0.15, -0.1) is 0 Å². The predicted molar refractivity (Wildman–Crippen MR) is 86.5 cm³/mol. The average molecular weight is 299 g/mol. The summed E-state index contributed by atoms with van der Waals surface area (Å²) in [7, 11) is 1.60. The summed E-state index contributed by atoms with van der Waals surface area (Å²) in [6.45, 7) is 3.87. The second kappa shape index (κ2) is 6.26. The normalized spacial score (nSPS) is 10.1. The van der Waals surface area contributed by atoms with E-state index in [1.165, 1.54) is 12.1 Å². The fraction of sp³-hybridized carbons (Fsp3) is 0.188. The molecule has 0 saturated heterocycles. The molecule has 22 heavy (non-hydrogen) atoms. The molecule has 0 fully saturated rings. The highest BCUT2D eigenvalue weighted by Gasteiger charge is 2.17. The third-order valence-electron chi connectivity index (χ3n) is 3.58. The summed E-state index contributed by atoms with van der Waals surface area (Å²) in [6.07, 6.45) is 0. The van der Waals surface area contributed by atoms with Crippen molar-refractivity contribution in [2.24, 2.45) is 0 Å². The molecule has 0 unspecified atom stereocenters. The van der Waals surface area contributed by atoms with Crippen LogP contribution in [0.4, 0.5) is 17.1 Å². The zero-order valence-electron chi connectivity index (χ0n) is 12.6. The first-order chi connectivity index (χ1) is 10.4. The van der Waals surface area contributed by atoms with Crippen LogP contribution in [0, 0.1) is 24.0 Å². The Morgan fingerprint density at radius 3 is 2.50 bits per heavy atom. The van der Waals surface area contributed by atoms with Crippen molar-refractivity contribution in [3.63, 3.8) is 0 Å². The van der Waals surface area contributed by atoms with E-state index in [1.807, 2.05) is 26.0 Å². The molecule has 6 nitrogen and oxygen atoms in total. The van der Waals surface area contributed by atoms with E-state index >= 15 is 0 Å².